The van der Waals surface area contributed by atoms with Crippen LogP contribution in [-0.2, 0) is 16.0 Å². The van der Waals surface area contributed by atoms with Crippen molar-refractivity contribution in [2.75, 3.05) is 12.4 Å². The van der Waals surface area contributed by atoms with E-state index >= 15 is 0 Å². The molecule has 0 unspecified atom stereocenters. The first-order valence-corrected chi connectivity index (χ1v) is 8.25. The fourth-order valence-corrected chi connectivity index (χ4v) is 3.12. The number of H-pyrrole nitrogens is 1. The maximum atomic E-state index is 12.5. The number of benzene rings is 2. The first kappa shape index (κ1) is 16.4. The molecule has 4 rings (SSSR count). The number of rotatable bonds is 3. The van der Waals surface area contributed by atoms with Gasteiger partial charge in [-0.2, -0.15) is 5.10 Å². The van der Waals surface area contributed by atoms with Crippen LogP contribution in [0.4, 0.5) is 5.69 Å². The number of ether oxygens (including phenoxy) is 2. The lowest BCUT2D eigenvalue weighted by Crippen LogP contribution is -2.31. The van der Waals surface area contributed by atoms with Crippen LogP contribution in [0.15, 0.2) is 36.4 Å². The van der Waals surface area contributed by atoms with E-state index in [-0.39, 0.29) is 11.6 Å². The molecule has 0 aliphatic carbocycles. The Bertz CT molecular complexity index is 1030. The van der Waals surface area contributed by atoms with Gasteiger partial charge in [-0.3, -0.25) is 9.89 Å². The molecule has 1 aromatic heterocycles. The number of hydrogen-bond donors (Lipinski definition) is 2. The van der Waals surface area contributed by atoms with Gasteiger partial charge in [-0.05, 0) is 42.0 Å². The van der Waals surface area contributed by atoms with Gasteiger partial charge in [-0.1, -0.05) is 11.6 Å². The molecule has 2 heterocycles. The van der Waals surface area contributed by atoms with Crippen molar-refractivity contribution in [3.63, 3.8) is 0 Å². The molecule has 2 aromatic carbocycles. The molecular formula is C18H14ClN3O4. The van der Waals surface area contributed by atoms with Gasteiger partial charge in [-0.25, -0.2) is 4.79 Å². The van der Waals surface area contributed by atoms with Gasteiger partial charge in [0.2, 0.25) is 0 Å². The van der Waals surface area contributed by atoms with Gasteiger partial charge in [0.25, 0.3) is 5.91 Å². The molecule has 2 N–H and O–H groups in total. The summed E-state index contributed by atoms with van der Waals surface area (Å²) in [5.41, 5.74) is 2.27. The topological polar surface area (TPSA) is 93.3 Å². The molecule has 3 aromatic rings. The van der Waals surface area contributed by atoms with Gasteiger partial charge >= 0.3 is 5.97 Å². The zero-order chi connectivity index (χ0) is 18.3. The summed E-state index contributed by atoms with van der Waals surface area (Å²) in [6.07, 6.45) is -0.188. The fourth-order valence-electron chi connectivity index (χ4n) is 2.93. The summed E-state index contributed by atoms with van der Waals surface area (Å²) in [5, 5.41) is 10.7. The summed E-state index contributed by atoms with van der Waals surface area (Å²) in [4.78, 5) is 24.3. The second-order valence-electron chi connectivity index (χ2n) is 5.88. The first-order valence-electron chi connectivity index (χ1n) is 7.87. The van der Waals surface area contributed by atoms with Crippen LogP contribution in [0.3, 0.4) is 0 Å². The molecule has 0 saturated heterocycles. The molecule has 0 saturated carbocycles. The number of carbonyl (C=O) groups excluding carboxylic acids is 2. The number of methoxy groups -OCH3 is 1. The second kappa shape index (κ2) is 6.34. The zero-order valence-corrected chi connectivity index (χ0v) is 14.5. The minimum atomic E-state index is -0.636. The summed E-state index contributed by atoms with van der Waals surface area (Å²) in [6.45, 7) is 0. The summed E-state index contributed by atoms with van der Waals surface area (Å²) in [6, 6.07) is 10.4. The van der Waals surface area contributed by atoms with E-state index in [0.717, 1.165) is 5.56 Å². The average molecular weight is 372 g/mol. The number of amides is 1. The van der Waals surface area contributed by atoms with Gasteiger partial charge in [0.1, 0.15) is 5.75 Å². The summed E-state index contributed by atoms with van der Waals surface area (Å²) >= 11 is 5.97. The number of hydrogen-bond acceptors (Lipinski definition) is 5. The van der Waals surface area contributed by atoms with Crippen molar-refractivity contribution < 1.29 is 19.1 Å². The fraction of sp³-hybridized carbons (Fsp3) is 0.167. The van der Waals surface area contributed by atoms with Crippen LogP contribution < -0.4 is 10.1 Å². The van der Waals surface area contributed by atoms with Crippen molar-refractivity contribution in [2.24, 2.45) is 0 Å². The predicted molar refractivity (Wildman–Crippen MR) is 95.6 cm³/mol. The SMILES string of the molecule is COC(=O)c1n[nH]c2ccc(NC(=O)[C@H]3Cc4cc(Cl)ccc4O3)cc12. The van der Waals surface area contributed by atoms with Crippen molar-refractivity contribution in [1.82, 2.24) is 10.2 Å². The molecule has 8 heteroatoms. The van der Waals surface area contributed by atoms with Crippen LogP contribution in [-0.4, -0.2) is 35.3 Å². The Morgan fingerprint density at radius 3 is 2.96 bits per heavy atom. The van der Waals surface area contributed by atoms with Gasteiger partial charge in [0, 0.05) is 22.5 Å². The Labute approximate surface area is 153 Å². The number of halogens is 1. The Morgan fingerprint density at radius 2 is 2.15 bits per heavy atom. The molecule has 0 bridgehead atoms. The normalized spacial score (nSPS) is 15.4. The average Bonchev–Trinajstić information content (AvgIpc) is 3.24. The minimum absolute atomic E-state index is 0.165. The number of esters is 1. The van der Waals surface area contributed by atoms with E-state index in [4.69, 9.17) is 21.1 Å². The van der Waals surface area contributed by atoms with Crippen LogP contribution in [0.1, 0.15) is 16.1 Å². The second-order valence-corrected chi connectivity index (χ2v) is 6.31. The van der Waals surface area contributed by atoms with E-state index in [1.54, 1.807) is 36.4 Å². The highest BCUT2D eigenvalue weighted by Gasteiger charge is 2.29. The van der Waals surface area contributed by atoms with Crippen LogP contribution in [0, 0.1) is 0 Å². The summed E-state index contributed by atoms with van der Waals surface area (Å²) in [7, 11) is 1.29. The molecule has 26 heavy (non-hydrogen) atoms. The zero-order valence-electron chi connectivity index (χ0n) is 13.7. The molecule has 132 valence electrons. The lowest BCUT2D eigenvalue weighted by molar-refractivity contribution is -0.122. The number of carbonyl (C=O) groups is 2. The largest absolute Gasteiger partial charge is 0.480 e. The quantitative estimate of drug-likeness (QED) is 0.690. The third-order valence-corrected chi connectivity index (χ3v) is 4.43. The van der Waals surface area contributed by atoms with Crippen molar-refractivity contribution in [3.05, 3.63) is 52.7 Å². The Hall–Kier alpha value is -3.06. The standard InChI is InChI=1S/C18H14ClN3O4/c1-25-18(24)16-12-8-11(3-4-13(12)21-22-16)20-17(23)15-7-9-6-10(19)2-5-14(9)26-15/h2-6,8,15H,7H2,1H3,(H,20,23)(H,21,22)/t15-/m1/s1. The van der Waals surface area contributed by atoms with Crippen LogP contribution >= 0.6 is 11.6 Å². The van der Waals surface area contributed by atoms with E-state index in [1.165, 1.54) is 7.11 Å². The summed E-state index contributed by atoms with van der Waals surface area (Å²) < 4.78 is 10.4. The smallest absolute Gasteiger partial charge is 0.359 e. The van der Waals surface area contributed by atoms with Crippen LogP contribution in [0.25, 0.3) is 10.9 Å². The van der Waals surface area contributed by atoms with E-state index in [1.807, 2.05) is 0 Å². The maximum Gasteiger partial charge on any atom is 0.359 e. The highest BCUT2D eigenvalue weighted by molar-refractivity contribution is 6.30. The Balaban J connectivity index is 1.54. The van der Waals surface area contributed by atoms with E-state index < -0.39 is 12.1 Å². The van der Waals surface area contributed by atoms with Gasteiger partial charge in [0.15, 0.2) is 11.8 Å². The molecule has 7 nitrogen and oxygen atoms in total. The maximum absolute atomic E-state index is 12.5. The molecule has 1 aliphatic rings. The third-order valence-electron chi connectivity index (χ3n) is 4.20. The molecule has 1 amide bonds. The lowest BCUT2D eigenvalue weighted by atomic mass is 10.1. The molecule has 0 fully saturated rings. The lowest BCUT2D eigenvalue weighted by Gasteiger charge is -2.11. The van der Waals surface area contributed by atoms with E-state index in [9.17, 15) is 9.59 Å². The van der Waals surface area contributed by atoms with Crippen LogP contribution in [0.2, 0.25) is 5.02 Å². The molecule has 1 aliphatic heterocycles. The van der Waals surface area contributed by atoms with E-state index in [0.29, 0.717) is 33.8 Å². The number of fused-ring (bicyclic) bond motifs is 2. The third kappa shape index (κ3) is 2.86. The highest BCUT2D eigenvalue weighted by atomic mass is 35.5. The number of nitrogens with one attached hydrogen (secondary N) is 2. The first-order chi connectivity index (χ1) is 12.5. The number of aromatic amines is 1. The molecule has 0 spiro atoms. The van der Waals surface area contributed by atoms with Crippen molar-refractivity contribution in [3.8, 4) is 5.75 Å². The number of anilines is 1. The monoisotopic (exact) mass is 371 g/mol. The van der Waals surface area contributed by atoms with Crippen LogP contribution in [0.5, 0.6) is 5.75 Å². The minimum Gasteiger partial charge on any atom is -0.480 e. The predicted octanol–water partition coefficient (Wildman–Crippen LogP) is 2.95. The van der Waals surface area contributed by atoms with Gasteiger partial charge < -0.3 is 14.8 Å². The van der Waals surface area contributed by atoms with Gasteiger partial charge in [-0.15, -0.1) is 0 Å². The number of nitrogens with zero attached hydrogens (tertiary/aromatic N) is 1. The Morgan fingerprint density at radius 1 is 1.31 bits per heavy atom. The number of aromatic nitrogens is 2. The molecular weight excluding hydrogens is 358 g/mol. The summed E-state index contributed by atoms with van der Waals surface area (Å²) in [5.74, 6) is -0.168. The van der Waals surface area contributed by atoms with Gasteiger partial charge in [0.05, 0.1) is 12.6 Å². The van der Waals surface area contributed by atoms with E-state index in [2.05, 4.69) is 15.5 Å². The Kier molecular flexibility index (Phi) is 4.00. The highest BCUT2D eigenvalue weighted by Crippen LogP contribution is 2.31. The van der Waals surface area contributed by atoms with Crippen molar-refractivity contribution in [1.29, 1.82) is 0 Å². The van der Waals surface area contributed by atoms with Crippen molar-refractivity contribution >= 4 is 40.1 Å². The molecule has 0 radical (unpaired) electrons. The molecule has 1 atom stereocenters. The van der Waals surface area contributed by atoms with Crippen molar-refractivity contribution in [2.45, 2.75) is 12.5 Å².